The maximum Gasteiger partial charge on any atom is 0.303 e. The molecule has 0 spiro atoms. The minimum absolute atomic E-state index is 0.273. The lowest BCUT2D eigenvalue weighted by Crippen LogP contribution is -2.59. The minimum Gasteiger partial charge on any atom is -0.497 e. The first-order chi connectivity index (χ1) is 14.6. The highest BCUT2D eigenvalue weighted by Gasteiger charge is 2.52. The molecule has 0 aromatic heterocycles. The molecule has 0 N–H and O–H groups in total. The van der Waals surface area contributed by atoms with Gasteiger partial charge >= 0.3 is 23.9 Å². The summed E-state index contributed by atoms with van der Waals surface area (Å²) in [5.41, 5.74) is 0.582. The summed E-state index contributed by atoms with van der Waals surface area (Å²) in [6, 6.07) is 6.76. The van der Waals surface area contributed by atoms with E-state index in [1.54, 1.807) is 24.3 Å². The number of hydrogen-bond donors (Lipinski definition) is 0. The largest absolute Gasteiger partial charge is 0.497 e. The second-order valence-corrected chi connectivity index (χ2v) is 6.89. The Hall–Kier alpha value is -3.14. The van der Waals surface area contributed by atoms with Gasteiger partial charge in [0.15, 0.2) is 18.3 Å². The van der Waals surface area contributed by atoms with Crippen LogP contribution in [-0.4, -0.2) is 62.0 Å². The Balaban J connectivity index is 2.51. The number of carbonyl (C=O) groups is 4. The van der Waals surface area contributed by atoms with Crippen LogP contribution in [0.3, 0.4) is 0 Å². The van der Waals surface area contributed by atoms with Crippen molar-refractivity contribution >= 4 is 23.9 Å². The van der Waals surface area contributed by atoms with Gasteiger partial charge in [-0.1, -0.05) is 12.1 Å². The predicted octanol–water partition coefficient (Wildman–Crippen LogP) is 1.49. The molecule has 170 valence electrons. The number of methoxy groups -OCH3 is 1. The van der Waals surface area contributed by atoms with Crippen molar-refractivity contribution in [3.8, 4) is 5.75 Å². The van der Waals surface area contributed by atoms with Gasteiger partial charge in [0.25, 0.3) is 0 Å². The summed E-state index contributed by atoms with van der Waals surface area (Å²) in [5.74, 6) is -1.99. The van der Waals surface area contributed by atoms with Gasteiger partial charge in [-0.25, -0.2) is 0 Å². The Morgan fingerprint density at radius 2 is 1.29 bits per heavy atom. The van der Waals surface area contributed by atoms with E-state index in [0.717, 1.165) is 0 Å². The Morgan fingerprint density at radius 3 is 1.77 bits per heavy atom. The molecule has 1 fully saturated rings. The first-order valence-electron chi connectivity index (χ1n) is 9.56. The fraction of sp³-hybridized carbons (Fsp3) is 0.524. The van der Waals surface area contributed by atoms with Crippen molar-refractivity contribution in [3.63, 3.8) is 0 Å². The molecule has 0 saturated carbocycles. The van der Waals surface area contributed by atoms with Crippen LogP contribution in [0.1, 0.15) is 39.4 Å². The summed E-state index contributed by atoms with van der Waals surface area (Å²) < 4.78 is 32.5. The third kappa shape index (κ3) is 6.68. The van der Waals surface area contributed by atoms with Gasteiger partial charge < -0.3 is 28.4 Å². The maximum atomic E-state index is 11.8. The van der Waals surface area contributed by atoms with Crippen molar-refractivity contribution in [2.24, 2.45) is 0 Å². The SMILES string of the molecule is COc1ccc([C@H]2O[C@H](COC(C)=O)[C@@H](OC(C)=O)[C@H](OC(C)=O)[C@H]2OC(C)=O)cc1. The summed E-state index contributed by atoms with van der Waals surface area (Å²) in [5, 5.41) is 0. The van der Waals surface area contributed by atoms with Crippen LogP contribution in [0.15, 0.2) is 24.3 Å². The molecule has 10 heteroatoms. The van der Waals surface area contributed by atoms with Crippen molar-refractivity contribution in [2.45, 2.75) is 58.2 Å². The second-order valence-electron chi connectivity index (χ2n) is 6.89. The van der Waals surface area contributed by atoms with Crippen LogP contribution in [0.4, 0.5) is 0 Å². The van der Waals surface area contributed by atoms with Crippen LogP contribution in [0.25, 0.3) is 0 Å². The van der Waals surface area contributed by atoms with Crippen molar-refractivity contribution in [1.82, 2.24) is 0 Å². The molecule has 5 atom stereocenters. The molecule has 1 saturated heterocycles. The third-order valence-corrected chi connectivity index (χ3v) is 4.44. The molecule has 0 radical (unpaired) electrons. The third-order valence-electron chi connectivity index (χ3n) is 4.44. The fourth-order valence-electron chi connectivity index (χ4n) is 3.29. The van der Waals surface area contributed by atoms with Gasteiger partial charge in [-0.3, -0.25) is 19.2 Å². The minimum atomic E-state index is -1.20. The molecule has 1 aliphatic heterocycles. The molecule has 1 aromatic rings. The molecule has 0 unspecified atom stereocenters. The van der Waals surface area contributed by atoms with E-state index in [1.165, 1.54) is 34.8 Å². The first-order valence-corrected chi connectivity index (χ1v) is 9.56. The molecule has 31 heavy (non-hydrogen) atoms. The average molecular weight is 438 g/mol. The topological polar surface area (TPSA) is 124 Å². The van der Waals surface area contributed by atoms with Crippen LogP contribution in [0.5, 0.6) is 5.75 Å². The number of carbonyl (C=O) groups excluding carboxylic acids is 4. The second kappa shape index (κ2) is 10.8. The molecule has 0 bridgehead atoms. The molecule has 2 rings (SSSR count). The quantitative estimate of drug-likeness (QED) is 0.457. The van der Waals surface area contributed by atoms with E-state index in [4.69, 9.17) is 28.4 Å². The predicted molar refractivity (Wildman–Crippen MR) is 104 cm³/mol. The highest BCUT2D eigenvalue weighted by Crippen LogP contribution is 2.38. The van der Waals surface area contributed by atoms with Crippen LogP contribution >= 0.6 is 0 Å². The van der Waals surface area contributed by atoms with E-state index < -0.39 is 54.4 Å². The summed E-state index contributed by atoms with van der Waals surface area (Å²) in [4.78, 5) is 46.7. The molecule has 10 nitrogen and oxygen atoms in total. The van der Waals surface area contributed by atoms with E-state index >= 15 is 0 Å². The number of esters is 4. The molecule has 1 aliphatic rings. The number of benzene rings is 1. The highest BCUT2D eigenvalue weighted by molar-refractivity contribution is 5.68. The number of hydrogen-bond acceptors (Lipinski definition) is 10. The normalized spacial score (nSPS) is 25.1. The summed E-state index contributed by atoms with van der Waals surface area (Å²) >= 11 is 0. The van der Waals surface area contributed by atoms with Gasteiger partial charge in [-0.05, 0) is 17.7 Å². The number of ether oxygens (including phenoxy) is 6. The van der Waals surface area contributed by atoms with Crippen LogP contribution in [0.2, 0.25) is 0 Å². The van der Waals surface area contributed by atoms with E-state index in [0.29, 0.717) is 11.3 Å². The zero-order chi connectivity index (χ0) is 23.1. The lowest BCUT2D eigenvalue weighted by atomic mass is 9.90. The maximum absolute atomic E-state index is 11.8. The van der Waals surface area contributed by atoms with Crippen molar-refractivity contribution in [2.75, 3.05) is 13.7 Å². The van der Waals surface area contributed by atoms with Gasteiger partial charge in [0, 0.05) is 27.7 Å². The average Bonchev–Trinajstić information content (AvgIpc) is 2.68. The van der Waals surface area contributed by atoms with Crippen molar-refractivity contribution in [1.29, 1.82) is 0 Å². The Labute approximate surface area is 179 Å². The lowest BCUT2D eigenvalue weighted by Gasteiger charge is -2.44. The summed E-state index contributed by atoms with van der Waals surface area (Å²) in [7, 11) is 1.52. The number of rotatable bonds is 7. The fourth-order valence-corrected chi connectivity index (χ4v) is 3.29. The van der Waals surface area contributed by atoms with E-state index in [-0.39, 0.29) is 6.61 Å². The zero-order valence-electron chi connectivity index (χ0n) is 18.0. The van der Waals surface area contributed by atoms with E-state index in [1.807, 2.05) is 0 Å². The Kier molecular flexibility index (Phi) is 8.38. The van der Waals surface area contributed by atoms with Crippen molar-refractivity contribution in [3.05, 3.63) is 29.8 Å². The lowest BCUT2D eigenvalue weighted by molar-refractivity contribution is -0.254. The van der Waals surface area contributed by atoms with Crippen molar-refractivity contribution < 1.29 is 47.6 Å². The highest BCUT2D eigenvalue weighted by atomic mass is 16.7. The monoisotopic (exact) mass is 438 g/mol. The first kappa shape index (κ1) is 24.1. The van der Waals surface area contributed by atoms with Crippen LogP contribution in [0, 0.1) is 0 Å². The summed E-state index contributed by atoms with van der Waals surface area (Å²) in [6.07, 6.45) is -5.42. The Morgan fingerprint density at radius 1 is 0.774 bits per heavy atom. The van der Waals surface area contributed by atoms with Gasteiger partial charge in [-0.2, -0.15) is 0 Å². The molecular weight excluding hydrogens is 412 g/mol. The molecule has 1 heterocycles. The van der Waals surface area contributed by atoms with Gasteiger partial charge in [0.05, 0.1) is 7.11 Å². The standard InChI is InChI=1S/C21H26O10/c1-11(22)27-10-17-19(28-12(2)23)21(30-14(4)25)20(29-13(3)24)18(31-17)15-6-8-16(26-5)9-7-15/h6-9,17-21H,10H2,1-5H3/t17-,18-,19-,20+,21+/m1/s1. The van der Waals surface area contributed by atoms with Gasteiger partial charge in [0.2, 0.25) is 0 Å². The van der Waals surface area contributed by atoms with E-state index in [2.05, 4.69) is 0 Å². The molecular formula is C21H26O10. The Bertz CT molecular complexity index is 803. The zero-order valence-corrected chi connectivity index (χ0v) is 18.0. The van der Waals surface area contributed by atoms with Crippen LogP contribution in [-0.2, 0) is 42.9 Å². The van der Waals surface area contributed by atoms with Crippen LogP contribution < -0.4 is 4.74 Å². The molecule has 1 aromatic carbocycles. The molecule has 0 aliphatic carbocycles. The summed E-state index contributed by atoms with van der Waals surface area (Å²) in [6.45, 7) is 4.49. The van der Waals surface area contributed by atoms with Gasteiger partial charge in [0.1, 0.15) is 24.6 Å². The smallest absolute Gasteiger partial charge is 0.303 e. The van der Waals surface area contributed by atoms with E-state index in [9.17, 15) is 19.2 Å². The molecule has 0 amide bonds. The van der Waals surface area contributed by atoms with Gasteiger partial charge in [-0.15, -0.1) is 0 Å².